The number of rotatable bonds is 3. The Bertz CT molecular complexity index is 1060. The van der Waals surface area contributed by atoms with Crippen LogP contribution in [0.5, 0.6) is 0 Å². The molecule has 0 spiro atoms. The van der Waals surface area contributed by atoms with Gasteiger partial charge in [-0.15, -0.1) is 0 Å². The van der Waals surface area contributed by atoms with Gasteiger partial charge in [0.05, 0.1) is 17.8 Å². The summed E-state index contributed by atoms with van der Waals surface area (Å²) in [5.41, 5.74) is 6.85. The smallest absolute Gasteiger partial charge is 0.223 e. The molecule has 1 aliphatic heterocycles. The zero-order valence-electron chi connectivity index (χ0n) is 15.6. The molecule has 2 aliphatic rings. The van der Waals surface area contributed by atoms with Crippen molar-refractivity contribution in [2.75, 3.05) is 0 Å². The number of carbonyl (C=O) groups excluding carboxylic acids is 1. The van der Waals surface area contributed by atoms with E-state index in [0.717, 1.165) is 28.7 Å². The molecule has 5 heteroatoms. The first-order chi connectivity index (χ1) is 13.1. The number of amides is 1. The van der Waals surface area contributed by atoms with E-state index in [1.165, 1.54) is 16.7 Å². The molecule has 136 valence electrons. The van der Waals surface area contributed by atoms with Gasteiger partial charge >= 0.3 is 0 Å². The van der Waals surface area contributed by atoms with Gasteiger partial charge in [-0.2, -0.15) is 0 Å². The second-order valence-electron chi connectivity index (χ2n) is 7.90. The van der Waals surface area contributed by atoms with Crippen LogP contribution < -0.4 is 0 Å². The molecular formula is C22H22N4O. The summed E-state index contributed by atoms with van der Waals surface area (Å²) >= 11 is 0. The number of nitrogens with zero attached hydrogens (tertiary/aromatic N) is 4. The lowest BCUT2D eigenvalue weighted by Crippen LogP contribution is -2.25. The van der Waals surface area contributed by atoms with Crippen molar-refractivity contribution in [2.24, 2.45) is 5.92 Å². The average molecular weight is 358 g/mol. The number of hydrogen-bond acceptors (Lipinski definition) is 4. The summed E-state index contributed by atoms with van der Waals surface area (Å²) < 4.78 is 0. The van der Waals surface area contributed by atoms with Gasteiger partial charge in [0.25, 0.3) is 0 Å². The normalized spacial score (nSPS) is 20.7. The summed E-state index contributed by atoms with van der Waals surface area (Å²) in [5.74, 6) is 1.16. The molecule has 3 aromatic rings. The Morgan fingerprint density at radius 2 is 2.11 bits per heavy atom. The van der Waals surface area contributed by atoms with E-state index in [2.05, 4.69) is 46.1 Å². The standard InChI is InChI=1S/C22H22N4O/c1-13-5-14(2)25-21-11-26(10-19(13)21)22(27)8-17-6-18(17)15-3-4-16-9-23-12-24-20(16)7-15/h3-5,7,9,12,17-18H,6,8,10-11H2,1-2H3/t17-,18-/m1/s1. The van der Waals surface area contributed by atoms with Crippen LogP contribution in [0.25, 0.3) is 10.9 Å². The van der Waals surface area contributed by atoms with Gasteiger partial charge in [0.2, 0.25) is 5.91 Å². The first-order valence-electron chi connectivity index (χ1n) is 9.52. The van der Waals surface area contributed by atoms with Crippen LogP contribution >= 0.6 is 0 Å². The van der Waals surface area contributed by atoms with Crippen LogP contribution in [0.15, 0.2) is 36.8 Å². The van der Waals surface area contributed by atoms with Crippen molar-refractivity contribution in [2.45, 2.75) is 45.7 Å². The van der Waals surface area contributed by atoms with E-state index in [1.54, 1.807) is 6.33 Å². The fourth-order valence-electron chi connectivity index (χ4n) is 4.35. The van der Waals surface area contributed by atoms with Gasteiger partial charge in [-0.3, -0.25) is 9.78 Å². The molecule has 0 saturated heterocycles. The van der Waals surface area contributed by atoms with Crippen LogP contribution in [-0.2, 0) is 17.9 Å². The van der Waals surface area contributed by atoms with Gasteiger partial charge in [-0.1, -0.05) is 12.1 Å². The van der Waals surface area contributed by atoms with E-state index in [9.17, 15) is 4.79 Å². The third-order valence-corrected chi connectivity index (χ3v) is 5.92. The van der Waals surface area contributed by atoms with Crippen molar-refractivity contribution in [3.8, 4) is 0 Å². The first kappa shape index (κ1) is 16.4. The molecule has 1 fully saturated rings. The molecule has 2 aromatic heterocycles. The Hall–Kier alpha value is -2.82. The topological polar surface area (TPSA) is 59.0 Å². The highest BCUT2D eigenvalue weighted by molar-refractivity contribution is 5.79. The minimum absolute atomic E-state index is 0.251. The zero-order chi connectivity index (χ0) is 18.5. The van der Waals surface area contributed by atoms with Crippen molar-refractivity contribution in [1.29, 1.82) is 0 Å². The molecule has 1 aromatic carbocycles. The number of hydrogen-bond donors (Lipinski definition) is 0. The predicted octanol–water partition coefficient (Wildman–Crippen LogP) is 3.68. The SMILES string of the molecule is Cc1cc(C)c2c(n1)CN(C(=O)C[C@H]1C[C@@H]1c1ccc3cncnc3c1)C2. The maximum absolute atomic E-state index is 12.8. The van der Waals surface area contributed by atoms with E-state index in [1.807, 2.05) is 18.0 Å². The lowest BCUT2D eigenvalue weighted by atomic mass is 10.1. The molecule has 2 atom stereocenters. The summed E-state index contributed by atoms with van der Waals surface area (Å²) in [4.78, 5) is 27.8. The monoisotopic (exact) mass is 358 g/mol. The van der Waals surface area contributed by atoms with Crippen molar-refractivity contribution in [3.63, 3.8) is 0 Å². The van der Waals surface area contributed by atoms with E-state index < -0.39 is 0 Å². The molecule has 5 rings (SSSR count). The Morgan fingerprint density at radius 3 is 3.00 bits per heavy atom. The molecule has 1 saturated carbocycles. The molecule has 27 heavy (non-hydrogen) atoms. The Kier molecular flexibility index (Phi) is 3.71. The predicted molar refractivity (Wildman–Crippen MR) is 103 cm³/mol. The Balaban J connectivity index is 1.26. The number of aryl methyl sites for hydroxylation is 2. The average Bonchev–Trinajstić information content (AvgIpc) is 3.28. The fourth-order valence-corrected chi connectivity index (χ4v) is 4.35. The van der Waals surface area contributed by atoms with E-state index in [0.29, 0.717) is 31.3 Å². The zero-order valence-corrected chi connectivity index (χ0v) is 15.6. The van der Waals surface area contributed by atoms with Gasteiger partial charge in [-0.25, -0.2) is 9.97 Å². The van der Waals surface area contributed by atoms with Gasteiger partial charge in [-0.05, 0) is 60.9 Å². The Morgan fingerprint density at radius 1 is 1.22 bits per heavy atom. The van der Waals surface area contributed by atoms with Crippen LogP contribution in [0.1, 0.15) is 46.8 Å². The van der Waals surface area contributed by atoms with Crippen LogP contribution in [0, 0.1) is 19.8 Å². The van der Waals surface area contributed by atoms with Crippen LogP contribution in [0.4, 0.5) is 0 Å². The number of carbonyl (C=O) groups is 1. The summed E-state index contributed by atoms with van der Waals surface area (Å²) in [7, 11) is 0. The number of aromatic nitrogens is 3. The van der Waals surface area contributed by atoms with Crippen LogP contribution in [0.3, 0.4) is 0 Å². The molecule has 3 heterocycles. The van der Waals surface area contributed by atoms with Gasteiger partial charge < -0.3 is 4.90 Å². The second kappa shape index (κ2) is 6.12. The second-order valence-corrected chi connectivity index (χ2v) is 7.90. The molecule has 1 aliphatic carbocycles. The minimum atomic E-state index is 0.251. The quantitative estimate of drug-likeness (QED) is 0.717. The molecule has 0 unspecified atom stereocenters. The fraction of sp³-hybridized carbons (Fsp3) is 0.364. The van der Waals surface area contributed by atoms with E-state index >= 15 is 0 Å². The third kappa shape index (κ3) is 2.97. The minimum Gasteiger partial charge on any atom is -0.332 e. The molecule has 5 nitrogen and oxygen atoms in total. The van der Waals surface area contributed by atoms with Crippen molar-refractivity contribution in [3.05, 3.63) is 64.9 Å². The van der Waals surface area contributed by atoms with Crippen LogP contribution in [-0.4, -0.2) is 25.8 Å². The number of fused-ring (bicyclic) bond motifs is 2. The molecule has 1 amide bonds. The van der Waals surface area contributed by atoms with Crippen molar-refractivity contribution in [1.82, 2.24) is 19.9 Å². The van der Waals surface area contributed by atoms with Gasteiger partial charge in [0.15, 0.2) is 0 Å². The molecular weight excluding hydrogens is 336 g/mol. The van der Waals surface area contributed by atoms with Gasteiger partial charge in [0, 0.05) is 30.2 Å². The first-order valence-corrected chi connectivity index (χ1v) is 9.52. The molecule has 0 bridgehead atoms. The summed E-state index contributed by atoms with van der Waals surface area (Å²) in [5, 5.41) is 1.06. The number of benzene rings is 1. The van der Waals surface area contributed by atoms with Crippen molar-refractivity contribution < 1.29 is 4.79 Å². The van der Waals surface area contributed by atoms with E-state index in [4.69, 9.17) is 0 Å². The maximum Gasteiger partial charge on any atom is 0.223 e. The summed E-state index contributed by atoms with van der Waals surface area (Å²) in [6.45, 7) is 5.49. The lowest BCUT2D eigenvalue weighted by Gasteiger charge is -2.15. The van der Waals surface area contributed by atoms with E-state index in [-0.39, 0.29) is 5.91 Å². The lowest BCUT2D eigenvalue weighted by molar-refractivity contribution is -0.132. The van der Waals surface area contributed by atoms with Crippen LogP contribution in [0.2, 0.25) is 0 Å². The highest BCUT2D eigenvalue weighted by Gasteiger charge is 2.41. The maximum atomic E-state index is 12.8. The molecule has 0 radical (unpaired) electrons. The Labute approximate surface area is 158 Å². The highest BCUT2D eigenvalue weighted by atomic mass is 16.2. The molecule has 0 N–H and O–H groups in total. The summed E-state index contributed by atoms with van der Waals surface area (Å²) in [6, 6.07) is 8.49. The van der Waals surface area contributed by atoms with Gasteiger partial charge in [0.1, 0.15) is 6.33 Å². The third-order valence-electron chi connectivity index (χ3n) is 5.92. The number of pyridine rings is 1. The summed E-state index contributed by atoms with van der Waals surface area (Å²) in [6.07, 6.45) is 5.13. The highest BCUT2D eigenvalue weighted by Crippen LogP contribution is 2.50. The van der Waals surface area contributed by atoms with Crippen molar-refractivity contribution >= 4 is 16.8 Å². The largest absolute Gasteiger partial charge is 0.332 e.